The average Bonchev–Trinajstić information content (AvgIpc) is 2.79. The minimum Gasteiger partial charge on any atom is -0.506 e. The number of nitrogens with two attached hydrogens (primary N) is 1. The molecule has 4 N–H and O–H groups in total. The van der Waals surface area contributed by atoms with Gasteiger partial charge in [-0.3, -0.25) is 9.59 Å². The van der Waals surface area contributed by atoms with Crippen molar-refractivity contribution in [3.63, 3.8) is 0 Å². The molecule has 32 heavy (non-hydrogen) atoms. The zero-order valence-corrected chi connectivity index (χ0v) is 18.6. The number of carbonyl (C=O) groups is 2. The van der Waals surface area contributed by atoms with Gasteiger partial charge >= 0.3 is 0 Å². The Morgan fingerprint density at radius 2 is 1.75 bits per heavy atom. The second kappa shape index (κ2) is 10.1. The number of halogens is 1. The minimum atomic E-state index is -0.460. The highest BCUT2D eigenvalue weighted by molar-refractivity contribution is 6.32. The monoisotopic (exact) mass is 449 g/mol. The highest BCUT2D eigenvalue weighted by Gasteiger charge is 2.17. The number of benzene rings is 3. The van der Waals surface area contributed by atoms with E-state index in [0.717, 1.165) is 40.3 Å². The molecular weight excluding hydrogens is 426 g/mol. The number of phenolic OH excluding ortho intramolecular Hbond substituents is 1. The summed E-state index contributed by atoms with van der Waals surface area (Å²) in [4.78, 5) is 24.6. The van der Waals surface area contributed by atoms with Gasteiger partial charge in [-0.1, -0.05) is 67.4 Å². The van der Waals surface area contributed by atoms with Gasteiger partial charge in [0.2, 0.25) is 5.91 Å². The molecule has 0 aliphatic heterocycles. The molecule has 0 bridgehead atoms. The van der Waals surface area contributed by atoms with Crippen LogP contribution >= 0.6 is 11.6 Å². The van der Waals surface area contributed by atoms with Gasteiger partial charge in [0, 0.05) is 16.7 Å². The second-order valence-electron chi connectivity index (χ2n) is 7.16. The molecule has 0 saturated heterocycles. The number of carbonyl (C=O) groups excluding carboxylic acids is 2. The molecular formula is C25H24ClN3O3. The van der Waals surface area contributed by atoms with Crippen molar-refractivity contribution in [3.8, 4) is 5.75 Å². The first-order valence-electron chi connectivity index (χ1n) is 10.2. The lowest BCUT2D eigenvalue weighted by Crippen LogP contribution is -2.17. The number of rotatable bonds is 7. The molecule has 2 amide bonds. The highest BCUT2D eigenvalue weighted by atomic mass is 35.5. The summed E-state index contributed by atoms with van der Waals surface area (Å²) in [6, 6.07) is 15.5. The molecule has 3 rings (SSSR count). The first kappa shape index (κ1) is 23.0. The number of nitrogens with one attached hydrogen (secondary N) is 1. The summed E-state index contributed by atoms with van der Waals surface area (Å²) >= 11 is 5.85. The van der Waals surface area contributed by atoms with E-state index < -0.39 is 11.8 Å². The number of allylic oxidation sites excluding steroid dienone is 1. The van der Waals surface area contributed by atoms with Gasteiger partial charge in [-0.2, -0.15) is 5.10 Å². The zero-order valence-electron chi connectivity index (χ0n) is 17.9. The van der Waals surface area contributed by atoms with Crippen molar-refractivity contribution in [2.75, 3.05) is 0 Å². The highest BCUT2D eigenvalue weighted by Crippen LogP contribution is 2.31. The lowest BCUT2D eigenvalue weighted by atomic mass is 9.90. The number of hydrogen-bond acceptors (Lipinski definition) is 4. The van der Waals surface area contributed by atoms with Crippen LogP contribution < -0.4 is 11.2 Å². The van der Waals surface area contributed by atoms with Gasteiger partial charge in [0.05, 0.1) is 11.2 Å². The number of amides is 2. The van der Waals surface area contributed by atoms with Gasteiger partial charge in [-0.05, 0) is 47.4 Å². The van der Waals surface area contributed by atoms with Crippen LogP contribution in [0.5, 0.6) is 5.75 Å². The third-order valence-electron chi connectivity index (χ3n) is 5.26. The molecule has 0 atom stereocenters. The van der Waals surface area contributed by atoms with Crippen molar-refractivity contribution in [2.24, 2.45) is 10.8 Å². The fourth-order valence-electron chi connectivity index (χ4n) is 3.63. The smallest absolute Gasteiger partial charge is 0.271 e. The lowest BCUT2D eigenvalue weighted by molar-refractivity contribution is -0.112. The van der Waals surface area contributed by atoms with Crippen LogP contribution in [-0.2, 0) is 4.79 Å². The largest absolute Gasteiger partial charge is 0.506 e. The van der Waals surface area contributed by atoms with Gasteiger partial charge in [0.1, 0.15) is 5.75 Å². The molecule has 6 nitrogen and oxygen atoms in total. The first-order valence-corrected chi connectivity index (χ1v) is 10.6. The van der Waals surface area contributed by atoms with Crippen molar-refractivity contribution < 1.29 is 14.7 Å². The number of hydrazone groups is 1. The van der Waals surface area contributed by atoms with Crippen LogP contribution in [0.15, 0.2) is 65.3 Å². The van der Waals surface area contributed by atoms with Crippen LogP contribution in [0.25, 0.3) is 16.3 Å². The van der Waals surface area contributed by atoms with Crippen molar-refractivity contribution in [1.82, 2.24) is 5.43 Å². The van der Waals surface area contributed by atoms with Crippen LogP contribution in [0.4, 0.5) is 0 Å². The fraction of sp³-hybridized carbons (Fsp3) is 0.160. The van der Waals surface area contributed by atoms with E-state index in [1.54, 1.807) is 6.21 Å². The Labute approximate surface area is 191 Å². The number of hydrogen-bond donors (Lipinski definition) is 3. The summed E-state index contributed by atoms with van der Waals surface area (Å²) in [7, 11) is 0. The molecule has 164 valence electrons. The van der Waals surface area contributed by atoms with E-state index in [1.807, 2.05) is 50.2 Å². The molecule has 0 aliphatic rings. The van der Waals surface area contributed by atoms with E-state index >= 15 is 0 Å². The van der Waals surface area contributed by atoms with Crippen molar-refractivity contribution in [1.29, 1.82) is 0 Å². The normalized spacial score (nSPS) is 11.0. The van der Waals surface area contributed by atoms with E-state index in [9.17, 15) is 14.7 Å². The molecule has 3 aromatic carbocycles. The van der Waals surface area contributed by atoms with E-state index in [4.69, 9.17) is 17.3 Å². The Hall–Kier alpha value is -3.64. The van der Waals surface area contributed by atoms with E-state index in [1.165, 1.54) is 18.2 Å². The number of phenols is 1. The van der Waals surface area contributed by atoms with Crippen molar-refractivity contribution >= 4 is 46.0 Å². The summed E-state index contributed by atoms with van der Waals surface area (Å²) < 4.78 is 0. The summed E-state index contributed by atoms with van der Waals surface area (Å²) in [5.41, 5.74) is 11.6. The van der Waals surface area contributed by atoms with Crippen LogP contribution in [0.2, 0.25) is 5.02 Å². The van der Waals surface area contributed by atoms with Gasteiger partial charge in [-0.25, -0.2) is 5.43 Å². The molecule has 0 heterocycles. The predicted molar refractivity (Wildman–Crippen MR) is 129 cm³/mol. The SMILES string of the molecule is CCC(CC)=C(C(N)=O)c1ccc(C=NNC(=O)c2ccc(O)c(Cl)c2)c2ccccc12. The average molecular weight is 450 g/mol. The number of primary amides is 1. The molecule has 0 saturated carbocycles. The Morgan fingerprint density at radius 1 is 1.06 bits per heavy atom. The Balaban J connectivity index is 1.96. The fourth-order valence-corrected chi connectivity index (χ4v) is 3.81. The summed E-state index contributed by atoms with van der Waals surface area (Å²) in [6.45, 7) is 4.02. The number of aromatic hydroxyl groups is 1. The van der Waals surface area contributed by atoms with E-state index in [2.05, 4.69) is 10.5 Å². The summed E-state index contributed by atoms with van der Waals surface area (Å²) in [6.07, 6.45) is 3.01. The van der Waals surface area contributed by atoms with Crippen LogP contribution in [0.3, 0.4) is 0 Å². The van der Waals surface area contributed by atoms with E-state index in [0.29, 0.717) is 5.57 Å². The molecule has 0 aliphatic carbocycles. The number of fused-ring (bicyclic) bond motifs is 1. The maximum atomic E-state index is 12.3. The Bertz CT molecular complexity index is 1240. The summed E-state index contributed by atoms with van der Waals surface area (Å²) in [5.74, 6) is -1.01. The summed E-state index contributed by atoms with van der Waals surface area (Å²) in [5, 5.41) is 15.4. The Kier molecular flexibility index (Phi) is 7.28. The van der Waals surface area contributed by atoms with Crippen molar-refractivity contribution in [2.45, 2.75) is 26.7 Å². The third kappa shape index (κ3) is 4.81. The predicted octanol–water partition coefficient (Wildman–Crippen LogP) is 5.02. The molecule has 0 unspecified atom stereocenters. The van der Waals surface area contributed by atoms with Gasteiger partial charge in [0.25, 0.3) is 5.91 Å². The van der Waals surface area contributed by atoms with Crippen molar-refractivity contribution in [3.05, 3.63) is 81.9 Å². The molecule has 3 aromatic rings. The van der Waals surface area contributed by atoms with E-state index in [-0.39, 0.29) is 16.3 Å². The lowest BCUT2D eigenvalue weighted by Gasteiger charge is -2.14. The molecule has 0 radical (unpaired) electrons. The first-order chi connectivity index (χ1) is 15.4. The quantitative estimate of drug-likeness (QED) is 0.268. The molecule has 7 heteroatoms. The number of nitrogens with zero attached hydrogens (tertiary/aromatic N) is 1. The zero-order chi connectivity index (χ0) is 23.3. The van der Waals surface area contributed by atoms with Crippen LogP contribution in [0, 0.1) is 0 Å². The minimum absolute atomic E-state index is 0.0834. The topological polar surface area (TPSA) is 105 Å². The van der Waals surface area contributed by atoms with Gasteiger partial charge in [0.15, 0.2) is 0 Å². The second-order valence-corrected chi connectivity index (χ2v) is 7.57. The third-order valence-corrected chi connectivity index (χ3v) is 5.56. The van der Waals surface area contributed by atoms with Gasteiger partial charge in [-0.15, -0.1) is 0 Å². The van der Waals surface area contributed by atoms with Crippen LogP contribution in [0.1, 0.15) is 48.2 Å². The molecule has 0 spiro atoms. The molecule has 0 aromatic heterocycles. The molecule has 0 fully saturated rings. The standard InChI is InChI=1S/C25H24ClN3O3/c1-3-15(4-2)23(24(27)31)20-11-9-17(18-7-5-6-8-19(18)20)14-28-29-25(32)16-10-12-22(30)21(26)13-16/h5-14,30H,3-4H2,1-2H3,(H2,27,31)(H,29,32). The van der Waals surface area contributed by atoms with Crippen LogP contribution in [-0.4, -0.2) is 23.1 Å². The van der Waals surface area contributed by atoms with Gasteiger partial charge < -0.3 is 10.8 Å². The maximum Gasteiger partial charge on any atom is 0.271 e. The Morgan fingerprint density at radius 3 is 2.38 bits per heavy atom. The maximum absolute atomic E-state index is 12.3.